The van der Waals surface area contributed by atoms with Gasteiger partial charge in [-0.2, -0.15) is 0 Å². The molecule has 0 heterocycles. The highest BCUT2D eigenvalue weighted by molar-refractivity contribution is 5.94. The monoisotopic (exact) mass is 269 g/mol. The van der Waals surface area contributed by atoms with Crippen LogP contribution in [0.4, 0.5) is 0 Å². The van der Waals surface area contributed by atoms with Crippen LogP contribution in [-0.2, 0) is 0 Å². The summed E-state index contributed by atoms with van der Waals surface area (Å²) in [4.78, 5) is 12.2. The average Bonchev–Trinajstić information content (AvgIpc) is 2.47. The van der Waals surface area contributed by atoms with Gasteiger partial charge in [-0.3, -0.25) is 4.79 Å². The maximum absolute atomic E-state index is 12.2. The Bertz CT molecular complexity index is 590. The van der Waals surface area contributed by atoms with Crippen LogP contribution in [0.1, 0.15) is 34.5 Å². The molecule has 1 amide bonds. The van der Waals surface area contributed by atoms with Gasteiger partial charge in [0.05, 0.1) is 13.2 Å². The van der Waals surface area contributed by atoms with E-state index in [4.69, 9.17) is 4.74 Å². The third-order valence-electron chi connectivity index (χ3n) is 3.24. The average molecular weight is 269 g/mol. The minimum absolute atomic E-state index is 0.0473. The van der Waals surface area contributed by atoms with E-state index in [0.29, 0.717) is 5.56 Å². The highest BCUT2D eigenvalue weighted by Crippen LogP contribution is 2.17. The smallest absolute Gasteiger partial charge is 0.251 e. The lowest BCUT2D eigenvalue weighted by Crippen LogP contribution is -2.26. The van der Waals surface area contributed by atoms with Crippen LogP contribution in [0.2, 0.25) is 0 Å². The van der Waals surface area contributed by atoms with E-state index in [9.17, 15) is 4.79 Å². The Hall–Kier alpha value is -2.29. The standard InChI is InChI=1S/C17H19NO2/c1-12-5-4-6-15(11-12)17(19)18-13(2)14-7-9-16(20-3)10-8-14/h4-11,13H,1-3H3,(H,18,19)/t13-/m1/s1. The van der Waals surface area contributed by atoms with Gasteiger partial charge in [-0.25, -0.2) is 0 Å². The number of nitrogens with one attached hydrogen (secondary N) is 1. The van der Waals surface area contributed by atoms with E-state index in [-0.39, 0.29) is 11.9 Å². The number of benzene rings is 2. The van der Waals surface area contributed by atoms with Gasteiger partial charge in [0.1, 0.15) is 5.75 Å². The molecule has 2 rings (SSSR count). The van der Waals surface area contributed by atoms with Crippen LogP contribution >= 0.6 is 0 Å². The predicted molar refractivity (Wildman–Crippen MR) is 80.1 cm³/mol. The summed E-state index contributed by atoms with van der Waals surface area (Å²) in [6, 6.07) is 15.2. The second kappa shape index (κ2) is 6.24. The van der Waals surface area contributed by atoms with E-state index in [2.05, 4.69) is 5.32 Å². The molecule has 0 unspecified atom stereocenters. The molecule has 1 N–H and O–H groups in total. The van der Waals surface area contributed by atoms with Crippen LogP contribution in [0, 0.1) is 6.92 Å². The summed E-state index contributed by atoms with van der Waals surface area (Å²) in [5.41, 5.74) is 2.81. The maximum Gasteiger partial charge on any atom is 0.251 e. The lowest BCUT2D eigenvalue weighted by molar-refractivity contribution is 0.0940. The Balaban J connectivity index is 2.06. The van der Waals surface area contributed by atoms with E-state index in [1.807, 2.05) is 62.4 Å². The van der Waals surface area contributed by atoms with Crippen molar-refractivity contribution in [2.45, 2.75) is 19.9 Å². The minimum atomic E-state index is -0.0583. The largest absolute Gasteiger partial charge is 0.497 e. The Morgan fingerprint density at radius 3 is 2.45 bits per heavy atom. The number of amides is 1. The number of hydrogen-bond donors (Lipinski definition) is 1. The molecule has 3 heteroatoms. The zero-order valence-electron chi connectivity index (χ0n) is 12.0. The molecule has 3 nitrogen and oxygen atoms in total. The number of aryl methyl sites for hydroxylation is 1. The number of rotatable bonds is 4. The number of carbonyl (C=O) groups excluding carboxylic acids is 1. The van der Waals surface area contributed by atoms with Crippen LogP contribution in [0.25, 0.3) is 0 Å². The van der Waals surface area contributed by atoms with Crippen LogP contribution < -0.4 is 10.1 Å². The first-order valence-electron chi connectivity index (χ1n) is 6.61. The van der Waals surface area contributed by atoms with E-state index in [1.54, 1.807) is 7.11 Å². The number of methoxy groups -OCH3 is 1. The van der Waals surface area contributed by atoms with Gasteiger partial charge in [0.2, 0.25) is 0 Å². The summed E-state index contributed by atoms with van der Waals surface area (Å²) < 4.78 is 5.13. The number of hydrogen-bond acceptors (Lipinski definition) is 2. The normalized spacial score (nSPS) is 11.8. The van der Waals surface area contributed by atoms with Gasteiger partial charge in [0.15, 0.2) is 0 Å². The van der Waals surface area contributed by atoms with Crippen molar-refractivity contribution < 1.29 is 9.53 Å². The van der Waals surface area contributed by atoms with Crippen molar-refractivity contribution in [3.63, 3.8) is 0 Å². The van der Waals surface area contributed by atoms with Gasteiger partial charge >= 0.3 is 0 Å². The molecule has 0 saturated carbocycles. The second-order valence-electron chi connectivity index (χ2n) is 4.84. The molecule has 0 aliphatic heterocycles. The Labute approximate surface area is 119 Å². The maximum atomic E-state index is 12.2. The third kappa shape index (κ3) is 3.38. The van der Waals surface area contributed by atoms with Crippen molar-refractivity contribution in [2.75, 3.05) is 7.11 Å². The molecule has 0 radical (unpaired) electrons. The molecule has 0 fully saturated rings. The highest BCUT2D eigenvalue weighted by atomic mass is 16.5. The second-order valence-corrected chi connectivity index (χ2v) is 4.84. The lowest BCUT2D eigenvalue weighted by Gasteiger charge is -2.15. The topological polar surface area (TPSA) is 38.3 Å². The Kier molecular flexibility index (Phi) is 4.41. The summed E-state index contributed by atoms with van der Waals surface area (Å²) in [5, 5.41) is 3.00. The molecule has 2 aromatic carbocycles. The van der Waals surface area contributed by atoms with Crippen molar-refractivity contribution in [3.8, 4) is 5.75 Å². The summed E-state index contributed by atoms with van der Waals surface area (Å²) in [5.74, 6) is 0.753. The molecule has 0 aromatic heterocycles. The molecule has 0 bridgehead atoms. The zero-order valence-corrected chi connectivity index (χ0v) is 12.0. The first-order chi connectivity index (χ1) is 9.60. The predicted octanol–water partition coefficient (Wildman–Crippen LogP) is 3.49. The number of carbonyl (C=O) groups is 1. The van der Waals surface area contributed by atoms with E-state index >= 15 is 0 Å². The van der Waals surface area contributed by atoms with E-state index < -0.39 is 0 Å². The van der Waals surface area contributed by atoms with Gasteiger partial charge in [0.25, 0.3) is 5.91 Å². The SMILES string of the molecule is COc1ccc([C@@H](C)NC(=O)c2cccc(C)c2)cc1. The van der Waals surface area contributed by atoms with Crippen LogP contribution in [0.5, 0.6) is 5.75 Å². The first kappa shape index (κ1) is 14.1. The molecule has 104 valence electrons. The van der Waals surface area contributed by atoms with Crippen LogP contribution in [-0.4, -0.2) is 13.0 Å². The number of ether oxygens (including phenoxy) is 1. The molecular formula is C17H19NO2. The third-order valence-corrected chi connectivity index (χ3v) is 3.24. The van der Waals surface area contributed by atoms with Crippen LogP contribution in [0.3, 0.4) is 0 Å². The summed E-state index contributed by atoms with van der Waals surface area (Å²) in [6.45, 7) is 3.94. The first-order valence-corrected chi connectivity index (χ1v) is 6.61. The fraction of sp³-hybridized carbons (Fsp3) is 0.235. The fourth-order valence-electron chi connectivity index (χ4n) is 2.04. The summed E-state index contributed by atoms with van der Waals surface area (Å²) >= 11 is 0. The molecular weight excluding hydrogens is 250 g/mol. The van der Waals surface area contributed by atoms with E-state index in [0.717, 1.165) is 16.9 Å². The van der Waals surface area contributed by atoms with Crippen LogP contribution in [0.15, 0.2) is 48.5 Å². The minimum Gasteiger partial charge on any atom is -0.497 e. The molecule has 0 spiro atoms. The highest BCUT2D eigenvalue weighted by Gasteiger charge is 2.11. The van der Waals surface area contributed by atoms with Gasteiger partial charge in [0, 0.05) is 5.56 Å². The van der Waals surface area contributed by atoms with Crippen molar-refractivity contribution in [1.29, 1.82) is 0 Å². The molecule has 0 aliphatic rings. The molecule has 0 aliphatic carbocycles. The van der Waals surface area contributed by atoms with E-state index in [1.165, 1.54) is 0 Å². The zero-order chi connectivity index (χ0) is 14.5. The van der Waals surface area contributed by atoms with Gasteiger partial charge < -0.3 is 10.1 Å². The summed E-state index contributed by atoms with van der Waals surface area (Å²) in [6.07, 6.45) is 0. The van der Waals surface area contributed by atoms with Crippen molar-refractivity contribution >= 4 is 5.91 Å². The van der Waals surface area contributed by atoms with Gasteiger partial charge in [-0.05, 0) is 43.7 Å². The molecule has 1 atom stereocenters. The molecule has 0 saturated heterocycles. The lowest BCUT2D eigenvalue weighted by atomic mass is 10.1. The Morgan fingerprint density at radius 1 is 1.15 bits per heavy atom. The van der Waals surface area contributed by atoms with Crippen molar-refractivity contribution in [3.05, 3.63) is 65.2 Å². The molecule has 20 heavy (non-hydrogen) atoms. The van der Waals surface area contributed by atoms with Crippen molar-refractivity contribution in [1.82, 2.24) is 5.32 Å². The van der Waals surface area contributed by atoms with Gasteiger partial charge in [-0.1, -0.05) is 29.8 Å². The van der Waals surface area contributed by atoms with Gasteiger partial charge in [-0.15, -0.1) is 0 Å². The quantitative estimate of drug-likeness (QED) is 0.922. The molecule has 2 aromatic rings. The van der Waals surface area contributed by atoms with Crippen molar-refractivity contribution in [2.24, 2.45) is 0 Å². The fourth-order valence-corrected chi connectivity index (χ4v) is 2.04. The Morgan fingerprint density at radius 2 is 1.85 bits per heavy atom. The summed E-state index contributed by atoms with van der Waals surface area (Å²) in [7, 11) is 1.64.